The summed E-state index contributed by atoms with van der Waals surface area (Å²) in [4.78, 5) is 11.6. The Bertz CT molecular complexity index is 384. The van der Waals surface area contributed by atoms with Crippen molar-refractivity contribution in [1.29, 1.82) is 0 Å². The lowest BCUT2D eigenvalue weighted by molar-refractivity contribution is -0.144. The average Bonchev–Trinajstić information content (AvgIpc) is 2.60. The minimum absolute atomic E-state index is 0.179. The number of aromatic hydroxyl groups is 1. The van der Waals surface area contributed by atoms with Crippen LogP contribution in [0, 0.1) is 0 Å². The lowest BCUT2D eigenvalue weighted by Gasteiger charge is -2.10. The van der Waals surface area contributed by atoms with Crippen molar-refractivity contribution in [3.63, 3.8) is 0 Å². The molecule has 1 aliphatic rings. The van der Waals surface area contributed by atoms with E-state index in [1.165, 1.54) is 0 Å². The maximum Gasteiger partial charge on any atom is 0.313 e. The zero-order chi connectivity index (χ0) is 10.8. The van der Waals surface area contributed by atoms with Gasteiger partial charge in [0, 0.05) is 0 Å². The molecule has 1 aromatic carbocycles. The second-order valence-electron chi connectivity index (χ2n) is 3.73. The molecule has 2 rings (SSSR count). The SMILES string of the molecule is CCOC(=O)C1CCc2ccc(O)cc21. The van der Waals surface area contributed by atoms with Gasteiger partial charge < -0.3 is 9.84 Å². The first kappa shape index (κ1) is 10.0. The molecule has 1 atom stereocenters. The quantitative estimate of drug-likeness (QED) is 0.753. The summed E-state index contributed by atoms with van der Waals surface area (Å²) in [6.07, 6.45) is 1.68. The van der Waals surface area contributed by atoms with Crippen LogP contribution in [0.15, 0.2) is 18.2 Å². The van der Waals surface area contributed by atoms with Crippen molar-refractivity contribution in [3.8, 4) is 5.75 Å². The maximum absolute atomic E-state index is 11.6. The Morgan fingerprint density at radius 3 is 3.13 bits per heavy atom. The number of phenolic OH excluding ortho intramolecular Hbond substituents is 1. The third-order valence-corrected chi connectivity index (χ3v) is 2.78. The molecule has 0 amide bonds. The fourth-order valence-corrected chi connectivity index (χ4v) is 2.08. The molecule has 0 aliphatic heterocycles. The van der Waals surface area contributed by atoms with Crippen molar-refractivity contribution in [3.05, 3.63) is 29.3 Å². The first-order chi connectivity index (χ1) is 7.22. The van der Waals surface area contributed by atoms with E-state index < -0.39 is 0 Å². The maximum atomic E-state index is 11.6. The van der Waals surface area contributed by atoms with Crippen molar-refractivity contribution >= 4 is 5.97 Å². The second-order valence-corrected chi connectivity index (χ2v) is 3.73. The smallest absolute Gasteiger partial charge is 0.313 e. The first-order valence-corrected chi connectivity index (χ1v) is 5.20. The molecule has 0 bridgehead atoms. The molecule has 1 aliphatic carbocycles. The summed E-state index contributed by atoms with van der Waals surface area (Å²) in [5.74, 6) is -0.154. The molecular weight excluding hydrogens is 192 g/mol. The van der Waals surface area contributed by atoms with Crippen LogP contribution < -0.4 is 0 Å². The van der Waals surface area contributed by atoms with Crippen LogP contribution >= 0.6 is 0 Å². The Morgan fingerprint density at radius 1 is 1.60 bits per heavy atom. The van der Waals surface area contributed by atoms with Gasteiger partial charge in [0.25, 0.3) is 0 Å². The summed E-state index contributed by atoms with van der Waals surface area (Å²) >= 11 is 0. The Labute approximate surface area is 88.7 Å². The summed E-state index contributed by atoms with van der Waals surface area (Å²) < 4.78 is 5.00. The molecule has 0 spiro atoms. The fourth-order valence-electron chi connectivity index (χ4n) is 2.08. The van der Waals surface area contributed by atoms with Gasteiger partial charge in [0.15, 0.2) is 0 Å². The standard InChI is InChI=1S/C12H14O3/c1-2-15-12(14)10-6-4-8-3-5-9(13)7-11(8)10/h3,5,7,10,13H,2,4,6H2,1H3. The Balaban J connectivity index is 2.27. The van der Waals surface area contributed by atoms with Crippen LogP contribution in [0.5, 0.6) is 5.75 Å². The van der Waals surface area contributed by atoms with Gasteiger partial charge in [0.1, 0.15) is 5.75 Å². The Hall–Kier alpha value is -1.51. The summed E-state index contributed by atoms with van der Waals surface area (Å²) in [6.45, 7) is 2.21. The molecule has 0 saturated heterocycles. The Morgan fingerprint density at radius 2 is 2.40 bits per heavy atom. The molecule has 0 saturated carbocycles. The van der Waals surface area contributed by atoms with E-state index in [-0.39, 0.29) is 17.6 Å². The van der Waals surface area contributed by atoms with Gasteiger partial charge in [-0.2, -0.15) is 0 Å². The number of carbonyl (C=O) groups excluding carboxylic acids is 1. The van der Waals surface area contributed by atoms with Gasteiger partial charge in [-0.25, -0.2) is 0 Å². The molecule has 0 fully saturated rings. The number of fused-ring (bicyclic) bond motifs is 1. The number of aryl methyl sites for hydroxylation is 1. The van der Waals surface area contributed by atoms with Crippen molar-refractivity contribution in [2.45, 2.75) is 25.7 Å². The van der Waals surface area contributed by atoms with Gasteiger partial charge in [-0.1, -0.05) is 6.07 Å². The highest BCUT2D eigenvalue weighted by atomic mass is 16.5. The molecule has 15 heavy (non-hydrogen) atoms. The number of phenols is 1. The molecule has 0 aromatic heterocycles. The van der Waals surface area contributed by atoms with E-state index in [9.17, 15) is 9.90 Å². The van der Waals surface area contributed by atoms with Gasteiger partial charge in [-0.05, 0) is 43.0 Å². The van der Waals surface area contributed by atoms with Gasteiger partial charge in [0.05, 0.1) is 12.5 Å². The van der Waals surface area contributed by atoms with Gasteiger partial charge in [-0.15, -0.1) is 0 Å². The van der Waals surface area contributed by atoms with Crippen molar-refractivity contribution in [2.75, 3.05) is 6.61 Å². The fraction of sp³-hybridized carbons (Fsp3) is 0.417. The summed E-state index contributed by atoms with van der Waals surface area (Å²) in [6, 6.07) is 5.21. The lowest BCUT2D eigenvalue weighted by Crippen LogP contribution is -2.13. The average molecular weight is 206 g/mol. The van der Waals surface area contributed by atoms with Crippen LogP contribution in [-0.2, 0) is 16.0 Å². The molecule has 80 valence electrons. The molecule has 1 aromatic rings. The highest BCUT2D eigenvalue weighted by molar-refractivity contribution is 5.80. The molecule has 1 unspecified atom stereocenters. The number of esters is 1. The summed E-state index contributed by atoms with van der Waals surface area (Å²) in [5, 5.41) is 9.37. The normalized spacial score (nSPS) is 18.6. The predicted octanol–water partition coefficient (Wildman–Crippen LogP) is 1.99. The minimum atomic E-state index is -0.188. The van der Waals surface area contributed by atoms with E-state index in [1.54, 1.807) is 19.1 Å². The number of hydrogen-bond donors (Lipinski definition) is 1. The van der Waals surface area contributed by atoms with Crippen LogP contribution in [0.4, 0.5) is 0 Å². The number of benzene rings is 1. The Kier molecular flexibility index (Phi) is 2.62. The largest absolute Gasteiger partial charge is 0.508 e. The second kappa shape index (κ2) is 3.93. The van der Waals surface area contributed by atoms with E-state index in [2.05, 4.69) is 0 Å². The third-order valence-electron chi connectivity index (χ3n) is 2.78. The molecular formula is C12H14O3. The van der Waals surface area contributed by atoms with Gasteiger partial charge in [0.2, 0.25) is 0 Å². The predicted molar refractivity (Wildman–Crippen MR) is 55.8 cm³/mol. The molecule has 0 heterocycles. The van der Waals surface area contributed by atoms with Crippen molar-refractivity contribution in [1.82, 2.24) is 0 Å². The lowest BCUT2D eigenvalue weighted by atomic mass is 10.0. The number of rotatable bonds is 2. The van der Waals surface area contributed by atoms with Gasteiger partial charge in [-0.3, -0.25) is 4.79 Å². The number of carbonyl (C=O) groups is 1. The third kappa shape index (κ3) is 1.82. The zero-order valence-electron chi connectivity index (χ0n) is 8.69. The van der Waals surface area contributed by atoms with Crippen LogP contribution in [-0.4, -0.2) is 17.7 Å². The van der Waals surface area contributed by atoms with Gasteiger partial charge >= 0.3 is 5.97 Å². The molecule has 1 N–H and O–H groups in total. The molecule has 0 radical (unpaired) electrons. The molecule has 3 heteroatoms. The zero-order valence-corrected chi connectivity index (χ0v) is 8.69. The van der Waals surface area contributed by atoms with Crippen molar-refractivity contribution in [2.24, 2.45) is 0 Å². The number of ether oxygens (including phenoxy) is 1. The van der Waals surface area contributed by atoms with E-state index in [0.717, 1.165) is 24.0 Å². The van der Waals surface area contributed by atoms with Crippen LogP contribution in [0.3, 0.4) is 0 Å². The van der Waals surface area contributed by atoms with E-state index in [4.69, 9.17) is 4.74 Å². The highest BCUT2D eigenvalue weighted by Gasteiger charge is 2.29. The van der Waals surface area contributed by atoms with E-state index in [0.29, 0.717) is 6.61 Å². The van der Waals surface area contributed by atoms with Crippen LogP contribution in [0.25, 0.3) is 0 Å². The topological polar surface area (TPSA) is 46.5 Å². The number of hydrogen-bond acceptors (Lipinski definition) is 3. The van der Waals surface area contributed by atoms with E-state index in [1.807, 2.05) is 6.07 Å². The minimum Gasteiger partial charge on any atom is -0.508 e. The summed E-state index contributed by atoms with van der Waals surface area (Å²) in [5.41, 5.74) is 2.07. The molecule has 3 nitrogen and oxygen atoms in total. The van der Waals surface area contributed by atoms with Crippen LogP contribution in [0.2, 0.25) is 0 Å². The monoisotopic (exact) mass is 206 g/mol. The van der Waals surface area contributed by atoms with Crippen molar-refractivity contribution < 1.29 is 14.6 Å². The highest BCUT2D eigenvalue weighted by Crippen LogP contribution is 2.35. The van der Waals surface area contributed by atoms with Crippen LogP contribution in [0.1, 0.15) is 30.4 Å². The van der Waals surface area contributed by atoms with E-state index >= 15 is 0 Å². The summed E-state index contributed by atoms with van der Waals surface area (Å²) in [7, 11) is 0. The first-order valence-electron chi connectivity index (χ1n) is 5.20.